The van der Waals surface area contributed by atoms with Crippen molar-refractivity contribution in [2.75, 3.05) is 0 Å². The van der Waals surface area contributed by atoms with Crippen molar-refractivity contribution in [3.63, 3.8) is 0 Å². The van der Waals surface area contributed by atoms with Gasteiger partial charge in [-0.2, -0.15) is 4.98 Å². The van der Waals surface area contributed by atoms with Crippen LogP contribution in [0.25, 0.3) is 11.5 Å². The number of halogens is 1. The maximum absolute atomic E-state index is 12.9. The maximum atomic E-state index is 12.9. The number of benzene rings is 1. The van der Waals surface area contributed by atoms with Gasteiger partial charge in [-0.15, -0.1) is 0 Å². The predicted molar refractivity (Wildman–Crippen MR) is 79.3 cm³/mol. The van der Waals surface area contributed by atoms with Gasteiger partial charge in [-0.3, -0.25) is 0 Å². The van der Waals surface area contributed by atoms with Crippen LogP contribution in [0.4, 0.5) is 4.39 Å². The van der Waals surface area contributed by atoms with Crippen LogP contribution in [-0.4, -0.2) is 10.1 Å². The molecule has 1 aliphatic rings. The zero-order valence-corrected chi connectivity index (χ0v) is 12.4. The number of hydrogen-bond acceptors (Lipinski definition) is 3. The van der Waals surface area contributed by atoms with Crippen molar-refractivity contribution in [3.05, 3.63) is 35.9 Å². The molecule has 0 unspecified atom stereocenters. The predicted octanol–water partition coefficient (Wildman–Crippen LogP) is 4.95. The van der Waals surface area contributed by atoms with Crippen LogP contribution in [0.15, 0.2) is 28.8 Å². The SMILES string of the molecule is CCCC1CCC(c2noc(-c3ccc(F)cc3)n2)CC1. The summed E-state index contributed by atoms with van der Waals surface area (Å²) in [6.07, 6.45) is 7.42. The minimum atomic E-state index is -0.257. The number of nitrogens with zero attached hydrogens (tertiary/aromatic N) is 2. The molecule has 1 fully saturated rings. The second-order valence-corrected chi connectivity index (χ2v) is 5.97. The Morgan fingerprint density at radius 3 is 2.52 bits per heavy atom. The van der Waals surface area contributed by atoms with E-state index in [9.17, 15) is 4.39 Å². The Balaban J connectivity index is 1.67. The van der Waals surface area contributed by atoms with Crippen molar-refractivity contribution in [3.8, 4) is 11.5 Å². The van der Waals surface area contributed by atoms with Crippen molar-refractivity contribution in [1.29, 1.82) is 0 Å². The highest BCUT2D eigenvalue weighted by Gasteiger charge is 2.25. The molecule has 0 atom stereocenters. The Hall–Kier alpha value is -1.71. The Morgan fingerprint density at radius 1 is 1.14 bits per heavy atom. The first-order valence-corrected chi connectivity index (χ1v) is 7.85. The molecule has 0 amide bonds. The molecule has 3 rings (SSSR count). The molecule has 1 aromatic heterocycles. The third-order valence-corrected chi connectivity index (χ3v) is 4.44. The van der Waals surface area contributed by atoms with Gasteiger partial charge in [-0.05, 0) is 55.9 Å². The molecule has 0 saturated heterocycles. The summed E-state index contributed by atoms with van der Waals surface area (Å²) in [6.45, 7) is 2.25. The number of hydrogen-bond donors (Lipinski definition) is 0. The van der Waals surface area contributed by atoms with Gasteiger partial charge in [0.2, 0.25) is 0 Å². The number of aromatic nitrogens is 2. The van der Waals surface area contributed by atoms with Crippen LogP contribution < -0.4 is 0 Å². The van der Waals surface area contributed by atoms with Gasteiger partial charge in [0.1, 0.15) is 5.82 Å². The summed E-state index contributed by atoms with van der Waals surface area (Å²) >= 11 is 0. The summed E-state index contributed by atoms with van der Waals surface area (Å²) in [5.74, 6) is 2.32. The minimum absolute atomic E-state index is 0.257. The molecule has 1 aromatic carbocycles. The third kappa shape index (κ3) is 3.31. The smallest absolute Gasteiger partial charge is 0.257 e. The number of rotatable bonds is 4. The maximum Gasteiger partial charge on any atom is 0.257 e. The molecule has 4 heteroatoms. The van der Waals surface area contributed by atoms with E-state index in [1.54, 1.807) is 12.1 Å². The molecule has 0 radical (unpaired) electrons. The summed E-state index contributed by atoms with van der Waals surface area (Å²) in [5.41, 5.74) is 0.773. The van der Waals surface area contributed by atoms with E-state index >= 15 is 0 Å². The topological polar surface area (TPSA) is 38.9 Å². The van der Waals surface area contributed by atoms with Gasteiger partial charge in [-0.25, -0.2) is 4.39 Å². The molecule has 21 heavy (non-hydrogen) atoms. The summed E-state index contributed by atoms with van der Waals surface area (Å²) in [7, 11) is 0. The fraction of sp³-hybridized carbons (Fsp3) is 0.529. The fourth-order valence-electron chi connectivity index (χ4n) is 3.23. The van der Waals surface area contributed by atoms with Crippen molar-refractivity contribution >= 4 is 0 Å². The molecule has 1 aliphatic carbocycles. The molecule has 0 aliphatic heterocycles. The summed E-state index contributed by atoms with van der Waals surface area (Å²) in [5, 5.41) is 4.13. The quantitative estimate of drug-likeness (QED) is 0.799. The third-order valence-electron chi connectivity index (χ3n) is 4.44. The van der Waals surface area contributed by atoms with Gasteiger partial charge >= 0.3 is 0 Å². The lowest BCUT2D eigenvalue weighted by Crippen LogP contribution is -2.14. The normalized spacial score (nSPS) is 22.4. The molecule has 2 aromatic rings. The van der Waals surface area contributed by atoms with Crippen molar-refractivity contribution < 1.29 is 8.91 Å². The Kier molecular flexibility index (Phi) is 4.32. The van der Waals surface area contributed by atoms with Gasteiger partial charge in [0.05, 0.1) is 0 Å². The lowest BCUT2D eigenvalue weighted by molar-refractivity contribution is 0.296. The van der Waals surface area contributed by atoms with Gasteiger partial charge in [-0.1, -0.05) is 24.9 Å². The summed E-state index contributed by atoms with van der Waals surface area (Å²) in [6, 6.07) is 6.17. The molecule has 0 spiro atoms. The molecular formula is C17H21FN2O. The first-order chi connectivity index (χ1) is 10.3. The van der Waals surface area contributed by atoms with Gasteiger partial charge < -0.3 is 4.52 Å². The van der Waals surface area contributed by atoms with Gasteiger partial charge in [0.15, 0.2) is 5.82 Å². The largest absolute Gasteiger partial charge is 0.334 e. The molecule has 0 N–H and O–H groups in total. The zero-order chi connectivity index (χ0) is 14.7. The van der Waals surface area contributed by atoms with Gasteiger partial charge in [0.25, 0.3) is 5.89 Å². The van der Waals surface area contributed by atoms with Crippen LogP contribution in [0.2, 0.25) is 0 Å². The van der Waals surface area contributed by atoms with Crippen LogP contribution in [0.1, 0.15) is 57.2 Å². The monoisotopic (exact) mass is 288 g/mol. The van der Waals surface area contributed by atoms with E-state index < -0.39 is 0 Å². The molecule has 1 saturated carbocycles. The van der Waals surface area contributed by atoms with Crippen LogP contribution in [0.5, 0.6) is 0 Å². The second-order valence-electron chi connectivity index (χ2n) is 5.97. The average Bonchev–Trinajstić information content (AvgIpc) is 2.99. The van der Waals surface area contributed by atoms with E-state index in [1.807, 2.05) is 0 Å². The van der Waals surface area contributed by atoms with Gasteiger partial charge in [0, 0.05) is 11.5 Å². The van der Waals surface area contributed by atoms with E-state index in [0.717, 1.165) is 30.1 Å². The molecule has 3 nitrogen and oxygen atoms in total. The standard InChI is InChI=1S/C17H21FN2O/c1-2-3-12-4-6-13(7-5-12)16-19-17(21-20-16)14-8-10-15(18)11-9-14/h8-13H,2-7H2,1H3. The highest BCUT2D eigenvalue weighted by atomic mass is 19.1. The van der Waals surface area contributed by atoms with Crippen LogP contribution in [-0.2, 0) is 0 Å². The second kappa shape index (κ2) is 6.37. The van der Waals surface area contributed by atoms with E-state index in [4.69, 9.17) is 4.52 Å². The van der Waals surface area contributed by atoms with Crippen LogP contribution in [0, 0.1) is 11.7 Å². The molecule has 0 bridgehead atoms. The molecular weight excluding hydrogens is 267 g/mol. The summed E-state index contributed by atoms with van der Waals surface area (Å²) in [4.78, 5) is 4.50. The van der Waals surface area contributed by atoms with Crippen molar-refractivity contribution in [2.45, 2.75) is 51.4 Å². The van der Waals surface area contributed by atoms with Crippen molar-refractivity contribution in [2.24, 2.45) is 5.92 Å². The van der Waals surface area contributed by atoms with Crippen LogP contribution in [0.3, 0.4) is 0 Å². The highest BCUT2D eigenvalue weighted by molar-refractivity contribution is 5.52. The zero-order valence-electron chi connectivity index (χ0n) is 12.4. The van der Waals surface area contributed by atoms with E-state index in [0.29, 0.717) is 11.8 Å². The first kappa shape index (κ1) is 14.2. The van der Waals surface area contributed by atoms with E-state index in [2.05, 4.69) is 17.1 Å². The summed E-state index contributed by atoms with van der Waals surface area (Å²) < 4.78 is 18.3. The minimum Gasteiger partial charge on any atom is -0.334 e. The van der Waals surface area contributed by atoms with E-state index in [1.165, 1.54) is 37.8 Å². The first-order valence-electron chi connectivity index (χ1n) is 7.85. The average molecular weight is 288 g/mol. The molecule has 112 valence electrons. The lowest BCUT2D eigenvalue weighted by atomic mass is 9.80. The van der Waals surface area contributed by atoms with E-state index in [-0.39, 0.29) is 5.82 Å². The fourth-order valence-corrected chi connectivity index (χ4v) is 3.23. The Labute approximate surface area is 124 Å². The Bertz CT molecular complexity index is 571. The van der Waals surface area contributed by atoms with Crippen LogP contribution >= 0.6 is 0 Å². The molecule has 1 heterocycles. The lowest BCUT2D eigenvalue weighted by Gasteiger charge is -2.26. The Morgan fingerprint density at radius 2 is 1.86 bits per heavy atom. The highest BCUT2D eigenvalue weighted by Crippen LogP contribution is 2.36. The van der Waals surface area contributed by atoms with Crippen molar-refractivity contribution in [1.82, 2.24) is 10.1 Å².